The first kappa shape index (κ1) is 21.0. The molecular formula is C23H29N3O3S. The van der Waals surface area contributed by atoms with Gasteiger partial charge in [-0.1, -0.05) is 30.3 Å². The predicted molar refractivity (Wildman–Crippen MR) is 118 cm³/mol. The van der Waals surface area contributed by atoms with Gasteiger partial charge in [-0.3, -0.25) is 9.69 Å². The number of anilines is 1. The number of hydrogen-bond acceptors (Lipinski definition) is 4. The number of carbonyl (C=O) groups is 1. The van der Waals surface area contributed by atoms with Crippen molar-refractivity contribution in [1.82, 2.24) is 9.21 Å². The highest BCUT2D eigenvalue weighted by molar-refractivity contribution is 7.89. The number of fused-ring (bicyclic) bond motifs is 1. The molecule has 2 aliphatic rings. The van der Waals surface area contributed by atoms with Crippen molar-refractivity contribution in [2.24, 2.45) is 5.92 Å². The zero-order valence-corrected chi connectivity index (χ0v) is 18.4. The topological polar surface area (TPSA) is 60.9 Å². The van der Waals surface area contributed by atoms with Gasteiger partial charge in [0.1, 0.15) is 0 Å². The van der Waals surface area contributed by atoms with Crippen molar-refractivity contribution in [3.05, 3.63) is 59.7 Å². The Kier molecular flexibility index (Phi) is 5.95. The molecule has 1 unspecified atom stereocenters. The van der Waals surface area contributed by atoms with Gasteiger partial charge in [-0.2, -0.15) is 0 Å². The number of rotatable bonds is 5. The molecule has 1 saturated heterocycles. The van der Waals surface area contributed by atoms with E-state index in [1.807, 2.05) is 23.1 Å². The quantitative estimate of drug-likeness (QED) is 0.736. The zero-order valence-electron chi connectivity index (χ0n) is 17.6. The van der Waals surface area contributed by atoms with Crippen molar-refractivity contribution < 1.29 is 13.2 Å². The molecule has 0 aliphatic carbocycles. The smallest absolute Gasteiger partial charge is 0.242 e. The second kappa shape index (κ2) is 8.49. The number of piperidine rings is 1. The molecule has 2 heterocycles. The molecule has 0 N–H and O–H groups in total. The zero-order chi connectivity index (χ0) is 21.3. The van der Waals surface area contributed by atoms with Crippen LogP contribution in [0.25, 0.3) is 0 Å². The van der Waals surface area contributed by atoms with Gasteiger partial charge < -0.3 is 4.90 Å². The second-order valence-electron chi connectivity index (χ2n) is 8.38. The Balaban J connectivity index is 1.47. The third-order valence-corrected chi connectivity index (χ3v) is 7.91. The molecule has 4 rings (SSSR count). The van der Waals surface area contributed by atoms with Crippen LogP contribution in [-0.4, -0.2) is 57.3 Å². The predicted octanol–water partition coefficient (Wildman–Crippen LogP) is 2.74. The first-order valence-electron chi connectivity index (χ1n) is 10.5. The number of benzene rings is 2. The van der Waals surface area contributed by atoms with Crippen LogP contribution < -0.4 is 4.90 Å². The average molecular weight is 428 g/mol. The lowest BCUT2D eigenvalue weighted by Gasteiger charge is -2.34. The Morgan fingerprint density at radius 3 is 2.60 bits per heavy atom. The molecule has 2 aromatic carbocycles. The standard InChI is InChI=1S/C23H29N3O3S/c1-24(2)30(28,29)21-10-11-22-19(15-21)12-14-26(22)23(27)20-9-6-13-25(17-20)16-18-7-4-3-5-8-18/h3-5,7-8,10-11,15,20H,6,9,12-14,16-17H2,1-2H3. The summed E-state index contributed by atoms with van der Waals surface area (Å²) in [4.78, 5) is 17.8. The highest BCUT2D eigenvalue weighted by atomic mass is 32.2. The minimum atomic E-state index is -3.47. The van der Waals surface area contributed by atoms with Gasteiger partial charge in [0, 0.05) is 39.4 Å². The average Bonchev–Trinajstić information content (AvgIpc) is 3.17. The van der Waals surface area contributed by atoms with E-state index in [-0.39, 0.29) is 16.7 Å². The van der Waals surface area contributed by atoms with Crippen LogP contribution in [0.4, 0.5) is 5.69 Å². The van der Waals surface area contributed by atoms with Gasteiger partial charge in [-0.25, -0.2) is 12.7 Å². The van der Waals surface area contributed by atoms with Crippen LogP contribution in [0.3, 0.4) is 0 Å². The van der Waals surface area contributed by atoms with Crippen molar-refractivity contribution in [1.29, 1.82) is 0 Å². The van der Waals surface area contributed by atoms with Gasteiger partial charge in [0.2, 0.25) is 15.9 Å². The van der Waals surface area contributed by atoms with E-state index in [1.165, 1.54) is 24.0 Å². The molecule has 2 aromatic rings. The lowest BCUT2D eigenvalue weighted by Crippen LogP contribution is -2.44. The summed E-state index contributed by atoms with van der Waals surface area (Å²) in [5.41, 5.74) is 3.06. The summed E-state index contributed by atoms with van der Waals surface area (Å²) in [6, 6.07) is 15.5. The van der Waals surface area contributed by atoms with E-state index in [2.05, 4.69) is 17.0 Å². The van der Waals surface area contributed by atoms with Crippen LogP contribution in [0.2, 0.25) is 0 Å². The summed E-state index contributed by atoms with van der Waals surface area (Å²) in [6.07, 6.45) is 2.62. The van der Waals surface area contributed by atoms with Gasteiger partial charge >= 0.3 is 0 Å². The summed E-state index contributed by atoms with van der Waals surface area (Å²) in [6.45, 7) is 3.27. The van der Waals surface area contributed by atoms with Crippen LogP contribution in [0, 0.1) is 5.92 Å². The fourth-order valence-corrected chi connectivity index (χ4v) is 5.39. The molecule has 0 spiro atoms. The number of nitrogens with zero attached hydrogens (tertiary/aromatic N) is 3. The fourth-order valence-electron chi connectivity index (χ4n) is 4.44. The van der Waals surface area contributed by atoms with Crippen LogP contribution in [0.5, 0.6) is 0 Å². The third kappa shape index (κ3) is 4.15. The van der Waals surface area contributed by atoms with E-state index in [0.29, 0.717) is 13.0 Å². The largest absolute Gasteiger partial charge is 0.312 e. The fraction of sp³-hybridized carbons (Fsp3) is 0.435. The number of hydrogen-bond donors (Lipinski definition) is 0. The highest BCUT2D eigenvalue weighted by Crippen LogP contribution is 2.33. The van der Waals surface area contributed by atoms with E-state index in [9.17, 15) is 13.2 Å². The number of amides is 1. The van der Waals surface area contributed by atoms with E-state index >= 15 is 0 Å². The lowest BCUT2D eigenvalue weighted by molar-refractivity contribution is -0.124. The number of likely N-dealkylation sites (tertiary alicyclic amines) is 1. The second-order valence-corrected chi connectivity index (χ2v) is 10.5. The maximum atomic E-state index is 13.3. The Labute approximate surface area is 179 Å². The summed E-state index contributed by atoms with van der Waals surface area (Å²) in [5, 5.41) is 0. The molecule has 0 bridgehead atoms. The highest BCUT2D eigenvalue weighted by Gasteiger charge is 2.33. The van der Waals surface area contributed by atoms with Crippen LogP contribution >= 0.6 is 0 Å². The van der Waals surface area contributed by atoms with Crippen molar-refractivity contribution in [3.8, 4) is 0 Å². The van der Waals surface area contributed by atoms with E-state index < -0.39 is 10.0 Å². The van der Waals surface area contributed by atoms with Crippen molar-refractivity contribution in [3.63, 3.8) is 0 Å². The summed E-state index contributed by atoms with van der Waals surface area (Å²) >= 11 is 0. The molecule has 0 aromatic heterocycles. The Morgan fingerprint density at radius 2 is 1.87 bits per heavy atom. The van der Waals surface area contributed by atoms with Crippen molar-refractivity contribution in [2.45, 2.75) is 30.7 Å². The van der Waals surface area contributed by atoms with Crippen molar-refractivity contribution in [2.75, 3.05) is 38.6 Å². The van der Waals surface area contributed by atoms with Crippen LogP contribution in [0.15, 0.2) is 53.4 Å². The van der Waals surface area contributed by atoms with Gasteiger partial charge in [-0.05, 0) is 55.1 Å². The third-order valence-electron chi connectivity index (χ3n) is 6.09. The van der Waals surface area contributed by atoms with E-state index in [1.54, 1.807) is 18.2 Å². The Hall–Kier alpha value is -2.22. The van der Waals surface area contributed by atoms with Gasteiger partial charge in [-0.15, -0.1) is 0 Å². The summed E-state index contributed by atoms with van der Waals surface area (Å²) < 4.78 is 26.1. The molecule has 6 nitrogen and oxygen atoms in total. The molecule has 0 saturated carbocycles. The first-order valence-corrected chi connectivity index (χ1v) is 11.9. The molecule has 160 valence electrons. The molecule has 1 fully saturated rings. The van der Waals surface area contributed by atoms with Gasteiger partial charge in [0.05, 0.1) is 10.8 Å². The maximum absolute atomic E-state index is 13.3. The normalized spacial score (nSPS) is 19.8. The number of carbonyl (C=O) groups excluding carboxylic acids is 1. The van der Waals surface area contributed by atoms with Gasteiger partial charge in [0.15, 0.2) is 0 Å². The van der Waals surface area contributed by atoms with Gasteiger partial charge in [0.25, 0.3) is 0 Å². The molecular weight excluding hydrogens is 398 g/mol. The summed E-state index contributed by atoms with van der Waals surface area (Å²) in [5.74, 6) is 0.147. The van der Waals surface area contributed by atoms with E-state index in [0.717, 1.165) is 43.7 Å². The molecule has 1 amide bonds. The lowest BCUT2D eigenvalue weighted by atomic mass is 9.96. The molecule has 2 aliphatic heterocycles. The molecule has 7 heteroatoms. The Morgan fingerprint density at radius 1 is 1.10 bits per heavy atom. The van der Waals surface area contributed by atoms with Crippen LogP contribution in [-0.2, 0) is 27.8 Å². The number of sulfonamides is 1. The SMILES string of the molecule is CN(C)S(=O)(=O)c1ccc2c(c1)CCN2C(=O)C1CCCN(Cc2ccccc2)C1. The molecule has 0 radical (unpaired) electrons. The first-order chi connectivity index (χ1) is 14.4. The Bertz CT molecular complexity index is 1020. The minimum absolute atomic E-state index is 0.0152. The van der Waals surface area contributed by atoms with Crippen molar-refractivity contribution >= 4 is 21.6 Å². The van der Waals surface area contributed by atoms with Crippen LogP contribution in [0.1, 0.15) is 24.0 Å². The molecule has 1 atom stereocenters. The monoisotopic (exact) mass is 427 g/mol. The minimum Gasteiger partial charge on any atom is -0.312 e. The maximum Gasteiger partial charge on any atom is 0.242 e. The van der Waals surface area contributed by atoms with E-state index in [4.69, 9.17) is 0 Å². The molecule has 30 heavy (non-hydrogen) atoms. The summed E-state index contributed by atoms with van der Waals surface area (Å²) in [7, 11) is -0.410.